The standard InChI is InChI=1S/C40H68N5O8P/c1-45(2,3)26-29-53-54(51,52-28-19-17-15-13-11-9-7-5-4-6-8-10-12-14-16-18-27-46)33-36(42-32-35-23-21-25-38(44-35)40(49)50)31-41-30-34-22-20-24-37(43-34)39(47)48/h20-25,36,41-42H,4-19,26-33H2,1-3H3,(H,47,48)(H,49,50). The van der Waals surface area contributed by atoms with Crippen LogP contribution in [0.2, 0.25) is 0 Å². The number of aromatic nitrogens is 2. The quantitative estimate of drug-likeness (QED) is 0.0338. The molecule has 54 heavy (non-hydrogen) atoms. The summed E-state index contributed by atoms with van der Waals surface area (Å²) in [7, 11) is 2.56. The average Bonchev–Trinajstić information content (AvgIpc) is 3.13. The first-order chi connectivity index (χ1) is 25.9. The number of carboxylic acid groups (broad SMARTS) is 2. The molecule has 2 rings (SSSR count). The second-order valence-corrected chi connectivity index (χ2v) is 17.3. The summed E-state index contributed by atoms with van der Waals surface area (Å²) in [5, 5.41) is 35.9. The van der Waals surface area contributed by atoms with Gasteiger partial charge in [-0.2, -0.15) is 0 Å². The number of nitrogens with zero attached hydrogens (tertiary/aromatic N) is 3. The molecule has 0 bridgehead atoms. The van der Waals surface area contributed by atoms with Crippen molar-refractivity contribution < 1.29 is 43.0 Å². The van der Waals surface area contributed by atoms with Crippen molar-refractivity contribution in [1.82, 2.24) is 20.6 Å². The zero-order valence-corrected chi connectivity index (χ0v) is 34.0. The van der Waals surface area contributed by atoms with Crippen LogP contribution in [-0.2, 0) is 26.7 Å². The van der Waals surface area contributed by atoms with E-state index in [0.29, 0.717) is 35.6 Å². The van der Waals surface area contributed by atoms with Gasteiger partial charge in [-0.3, -0.25) is 4.57 Å². The highest BCUT2D eigenvalue weighted by Gasteiger charge is 2.30. The van der Waals surface area contributed by atoms with Crippen LogP contribution >= 0.6 is 7.60 Å². The molecule has 306 valence electrons. The molecule has 2 aromatic rings. The predicted molar refractivity (Wildman–Crippen MR) is 211 cm³/mol. The summed E-state index contributed by atoms with van der Waals surface area (Å²) in [5.41, 5.74) is 0.963. The Bertz CT molecular complexity index is 1380. The van der Waals surface area contributed by atoms with Crippen LogP contribution in [0, 0.1) is 0 Å². The van der Waals surface area contributed by atoms with E-state index in [0.717, 1.165) is 32.1 Å². The largest absolute Gasteiger partial charge is 0.854 e. The fraction of sp³-hybridized carbons (Fsp3) is 0.700. The van der Waals surface area contributed by atoms with E-state index in [9.17, 15) is 29.5 Å². The van der Waals surface area contributed by atoms with Gasteiger partial charge in [0.2, 0.25) is 0 Å². The molecule has 2 heterocycles. The molecule has 0 amide bonds. The lowest BCUT2D eigenvalue weighted by Gasteiger charge is -2.27. The van der Waals surface area contributed by atoms with Gasteiger partial charge in [0, 0.05) is 25.7 Å². The number of hydrogen-bond donors (Lipinski definition) is 4. The molecule has 0 aliphatic carbocycles. The van der Waals surface area contributed by atoms with Crippen LogP contribution in [0.5, 0.6) is 0 Å². The van der Waals surface area contributed by atoms with Gasteiger partial charge in [0.25, 0.3) is 0 Å². The minimum Gasteiger partial charge on any atom is -0.854 e. The summed E-state index contributed by atoms with van der Waals surface area (Å²) < 4.78 is 27.1. The highest BCUT2D eigenvalue weighted by molar-refractivity contribution is 7.53. The van der Waals surface area contributed by atoms with Crippen LogP contribution in [0.3, 0.4) is 0 Å². The minimum absolute atomic E-state index is 0.0464. The van der Waals surface area contributed by atoms with Crippen LogP contribution < -0.4 is 15.7 Å². The molecule has 4 N–H and O–H groups in total. The van der Waals surface area contributed by atoms with Gasteiger partial charge in [0.1, 0.15) is 24.5 Å². The van der Waals surface area contributed by atoms with Crippen LogP contribution in [0.25, 0.3) is 0 Å². The number of quaternary nitrogens is 1. The first-order valence-electron chi connectivity index (χ1n) is 20.0. The van der Waals surface area contributed by atoms with E-state index in [-0.39, 0.29) is 43.9 Å². The van der Waals surface area contributed by atoms with Crippen molar-refractivity contribution in [3.63, 3.8) is 0 Å². The monoisotopic (exact) mass is 777 g/mol. The summed E-state index contributed by atoms with van der Waals surface area (Å²) >= 11 is 0. The smallest absolute Gasteiger partial charge is 0.354 e. The van der Waals surface area contributed by atoms with E-state index in [1.807, 2.05) is 21.1 Å². The summed E-state index contributed by atoms with van der Waals surface area (Å²) in [6, 6.07) is 9.18. The molecule has 0 aromatic carbocycles. The summed E-state index contributed by atoms with van der Waals surface area (Å²) in [5.74, 6) is -2.22. The molecule has 0 fully saturated rings. The number of pyridine rings is 2. The number of likely N-dealkylation sites (N-methyl/N-ethyl adjacent to an activating group) is 1. The van der Waals surface area contributed by atoms with Crippen molar-refractivity contribution >= 4 is 19.5 Å². The van der Waals surface area contributed by atoms with E-state index in [1.54, 1.807) is 24.3 Å². The number of nitrogens with one attached hydrogen (secondary N) is 2. The Kier molecular flexibility index (Phi) is 24.4. The molecule has 0 saturated heterocycles. The fourth-order valence-electron chi connectivity index (χ4n) is 5.97. The van der Waals surface area contributed by atoms with Crippen molar-refractivity contribution in [1.29, 1.82) is 0 Å². The number of aromatic carboxylic acids is 2. The maximum absolute atomic E-state index is 14.3. The van der Waals surface area contributed by atoms with Gasteiger partial charge in [-0.1, -0.05) is 108 Å². The Morgan fingerprint density at radius 2 is 1.15 bits per heavy atom. The molecule has 0 aliphatic rings. The summed E-state index contributed by atoms with van der Waals surface area (Å²) in [4.78, 5) is 31.3. The van der Waals surface area contributed by atoms with Gasteiger partial charge in [-0.05, 0) is 30.7 Å². The molecule has 13 nitrogen and oxygen atoms in total. The van der Waals surface area contributed by atoms with Crippen LogP contribution in [0.4, 0.5) is 0 Å². The zero-order valence-electron chi connectivity index (χ0n) is 33.1. The van der Waals surface area contributed by atoms with Crippen LogP contribution in [0.15, 0.2) is 36.4 Å². The lowest BCUT2D eigenvalue weighted by Crippen LogP contribution is -2.42. The Hall–Kier alpha value is -2.77. The van der Waals surface area contributed by atoms with Crippen molar-refractivity contribution in [2.24, 2.45) is 0 Å². The van der Waals surface area contributed by atoms with E-state index in [2.05, 4.69) is 20.6 Å². The van der Waals surface area contributed by atoms with E-state index < -0.39 is 25.6 Å². The number of unbranched alkanes of at least 4 members (excludes halogenated alkanes) is 15. The third kappa shape index (κ3) is 23.2. The van der Waals surface area contributed by atoms with E-state index in [1.165, 1.54) is 82.8 Å². The Labute approximate surface area is 323 Å². The van der Waals surface area contributed by atoms with Crippen molar-refractivity contribution in [3.05, 3.63) is 59.2 Å². The van der Waals surface area contributed by atoms with Crippen molar-refractivity contribution in [2.45, 2.75) is 122 Å². The zero-order chi connectivity index (χ0) is 39.5. The van der Waals surface area contributed by atoms with Gasteiger partial charge < -0.3 is 39.5 Å². The molecule has 14 heteroatoms. The molecule has 2 unspecified atom stereocenters. The molecule has 2 aromatic heterocycles. The lowest BCUT2D eigenvalue weighted by molar-refractivity contribution is -0.870. The number of rotatable bonds is 34. The second kappa shape index (κ2) is 27.8. The summed E-state index contributed by atoms with van der Waals surface area (Å²) in [6.07, 6.45) is 18.8. The van der Waals surface area contributed by atoms with Gasteiger partial charge >= 0.3 is 19.5 Å². The van der Waals surface area contributed by atoms with Crippen molar-refractivity contribution in [2.75, 3.05) is 60.2 Å². The van der Waals surface area contributed by atoms with Gasteiger partial charge in [-0.15, -0.1) is 6.61 Å². The van der Waals surface area contributed by atoms with E-state index >= 15 is 0 Å². The first kappa shape index (κ1) is 47.4. The highest BCUT2D eigenvalue weighted by Crippen LogP contribution is 2.49. The van der Waals surface area contributed by atoms with Crippen LogP contribution in [0.1, 0.15) is 135 Å². The molecule has 0 spiro atoms. The molecular weight excluding hydrogens is 709 g/mol. The number of hydrogen-bond acceptors (Lipinski definition) is 10. The van der Waals surface area contributed by atoms with Gasteiger partial charge in [0.05, 0.1) is 45.3 Å². The van der Waals surface area contributed by atoms with Crippen molar-refractivity contribution in [3.8, 4) is 0 Å². The molecule has 0 radical (unpaired) electrons. The summed E-state index contributed by atoms with van der Waals surface area (Å²) in [6.45, 7) is 2.14. The second-order valence-electron chi connectivity index (χ2n) is 15.2. The Morgan fingerprint density at radius 3 is 1.61 bits per heavy atom. The molecule has 2 atom stereocenters. The maximum Gasteiger partial charge on any atom is 0.354 e. The third-order valence-corrected chi connectivity index (χ3v) is 11.2. The number of carboxylic acids is 2. The normalized spacial score (nSPS) is 13.5. The number of carbonyl (C=O) groups is 2. The predicted octanol–water partition coefficient (Wildman–Crippen LogP) is 6.66. The van der Waals surface area contributed by atoms with E-state index in [4.69, 9.17) is 9.05 Å². The minimum atomic E-state index is -3.56. The van der Waals surface area contributed by atoms with Gasteiger partial charge in [0.15, 0.2) is 0 Å². The SMILES string of the molecule is C[N+](C)(C)CCOP(=O)(CC(CNCc1cccc(C(=O)O)n1)NCc1cccc(C(=O)O)n1)OCCCCCCCCCCCCCCCCCC[O-]. The molecule has 0 saturated carbocycles. The molecule has 0 aliphatic heterocycles. The average molecular weight is 778 g/mol. The Morgan fingerprint density at radius 1 is 0.704 bits per heavy atom. The fourth-order valence-corrected chi connectivity index (χ4v) is 7.82. The maximum atomic E-state index is 14.3. The first-order valence-corrected chi connectivity index (χ1v) is 21.7. The third-order valence-electron chi connectivity index (χ3n) is 9.14. The topological polar surface area (TPSA) is 183 Å². The lowest BCUT2D eigenvalue weighted by atomic mass is 10.0. The van der Waals surface area contributed by atoms with Gasteiger partial charge in [-0.25, -0.2) is 19.6 Å². The van der Waals surface area contributed by atoms with Crippen LogP contribution in [-0.4, -0.2) is 103 Å². The Balaban J connectivity index is 1.87. The molecular formula is C40H68N5O8P. The highest BCUT2D eigenvalue weighted by atomic mass is 31.2.